The minimum Gasteiger partial charge on any atom is -0.481 e. The van der Waals surface area contributed by atoms with Crippen molar-refractivity contribution in [3.63, 3.8) is 0 Å². The Kier molecular flexibility index (Phi) is 17.5. The lowest BCUT2D eigenvalue weighted by Gasteiger charge is -2.09. The average molecular weight is 331 g/mol. The molecule has 0 bridgehead atoms. The molecule has 0 radical (unpaired) electrons. The topological polar surface area (TPSA) is 37.3 Å². The number of rotatable bonds is 5. The Balaban J connectivity index is -0.000000482. The maximum atomic E-state index is 10.8. The lowest BCUT2D eigenvalue weighted by Crippen LogP contribution is -2.07. The van der Waals surface area contributed by atoms with Gasteiger partial charge in [-0.25, -0.2) is 0 Å². The van der Waals surface area contributed by atoms with E-state index in [-0.39, 0.29) is 29.8 Å². The van der Waals surface area contributed by atoms with Crippen molar-refractivity contribution in [2.75, 3.05) is 0 Å². The van der Waals surface area contributed by atoms with Crippen molar-refractivity contribution >= 4 is 35.7 Å². The highest BCUT2D eigenvalue weighted by Crippen LogP contribution is 2.17. The summed E-state index contributed by atoms with van der Waals surface area (Å²) in [4.78, 5) is 10.8. The van der Waals surface area contributed by atoms with Crippen molar-refractivity contribution < 1.29 is 9.90 Å². The molecule has 4 heteroatoms. The molecule has 0 aliphatic carbocycles. The van der Waals surface area contributed by atoms with Gasteiger partial charge >= 0.3 is 5.97 Å². The second-order valence-electron chi connectivity index (χ2n) is 5.40. The minimum absolute atomic E-state index is 0. The van der Waals surface area contributed by atoms with Crippen molar-refractivity contribution in [1.29, 1.82) is 0 Å². The molecule has 0 aromatic heterocycles. The van der Waals surface area contributed by atoms with Crippen LogP contribution in [0.1, 0.15) is 64.5 Å². The first-order chi connectivity index (χ1) is 8.92. The molecular weight excluding hydrogens is 299 g/mol. The highest BCUT2D eigenvalue weighted by atomic mass is 35.5. The molecule has 0 saturated heterocycles. The molecule has 0 fully saturated rings. The average Bonchev–Trinajstić information content (AvgIpc) is 2.38. The van der Waals surface area contributed by atoms with Crippen LogP contribution in [0.15, 0.2) is 24.3 Å². The zero-order valence-corrected chi connectivity index (χ0v) is 14.2. The van der Waals surface area contributed by atoms with Crippen molar-refractivity contribution in [2.45, 2.75) is 59.8 Å². The van der Waals surface area contributed by atoms with E-state index >= 15 is 0 Å². The van der Waals surface area contributed by atoms with Crippen LogP contribution in [0, 0.1) is 5.92 Å². The first kappa shape index (κ1) is 25.5. The highest BCUT2D eigenvalue weighted by molar-refractivity contribution is 5.85. The first-order valence-corrected chi connectivity index (χ1v) is 7.23. The normalized spacial score (nSPS) is 10.6. The van der Waals surface area contributed by atoms with Crippen LogP contribution in [0.25, 0.3) is 0 Å². The van der Waals surface area contributed by atoms with E-state index < -0.39 is 11.9 Å². The maximum absolute atomic E-state index is 10.8. The van der Waals surface area contributed by atoms with Gasteiger partial charge in [0, 0.05) is 0 Å². The van der Waals surface area contributed by atoms with Gasteiger partial charge in [0.2, 0.25) is 0 Å². The first-order valence-electron chi connectivity index (χ1n) is 7.23. The molecule has 1 unspecified atom stereocenters. The van der Waals surface area contributed by atoms with Crippen LogP contribution in [-0.4, -0.2) is 28.4 Å². The summed E-state index contributed by atoms with van der Waals surface area (Å²) in [5, 5.41) is 8.85. The third kappa shape index (κ3) is 11.8. The van der Waals surface area contributed by atoms with Crippen LogP contribution in [-0.2, 0) is 11.2 Å². The van der Waals surface area contributed by atoms with Gasteiger partial charge in [0.1, 0.15) is 0 Å². The monoisotopic (exact) mass is 330 g/mol. The van der Waals surface area contributed by atoms with E-state index in [0.29, 0.717) is 5.92 Å². The zero-order valence-electron chi connectivity index (χ0n) is 13.3. The minimum atomic E-state index is -0.772. The second kappa shape index (κ2) is 14.4. The number of carboxylic acid groups (broad SMARTS) is 1. The third-order valence-electron chi connectivity index (χ3n) is 2.99. The number of hydrogen-bond donors (Lipinski definition) is 1. The fourth-order valence-corrected chi connectivity index (χ4v) is 1.56. The Morgan fingerprint density at radius 1 is 1.05 bits per heavy atom. The van der Waals surface area contributed by atoms with E-state index in [4.69, 9.17) is 5.11 Å². The molecule has 0 aliphatic rings. The Hall–Kier alpha value is -0.488. The van der Waals surface area contributed by atoms with Gasteiger partial charge in [-0.1, -0.05) is 64.8 Å². The second-order valence-corrected chi connectivity index (χ2v) is 5.40. The van der Waals surface area contributed by atoms with E-state index in [2.05, 4.69) is 27.7 Å². The zero-order chi connectivity index (χ0) is 14.8. The summed E-state index contributed by atoms with van der Waals surface area (Å²) in [6.07, 6.45) is 3.68. The molecular formula is C17H32AlClO2. The molecule has 0 spiro atoms. The van der Waals surface area contributed by atoms with E-state index in [0.717, 1.165) is 12.0 Å². The van der Waals surface area contributed by atoms with E-state index in [9.17, 15) is 4.79 Å². The maximum Gasteiger partial charge on any atom is 0.310 e. The Morgan fingerprint density at radius 3 is 1.76 bits per heavy atom. The van der Waals surface area contributed by atoms with Crippen LogP contribution in [0.2, 0.25) is 0 Å². The highest BCUT2D eigenvalue weighted by Gasteiger charge is 2.12. The summed E-state index contributed by atoms with van der Waals surface area (Å²) in [6, 6.07) is 7.87. The molecule has 0 aliphatic heterocycles. The lowest BCUT2D eigenvalue weighted by molar-refractivity contribution is -0.138. The predicted molar refractivity (Wildman–Crippen MR) is 98.8 cm³/mol. The van der Waals surface area contributed by atoms with E-state index in [1.807, 2.05) is 24.3 Å². The van der Waals surface area contributed by atoms with E-state index in [1.54, 1.807) is 6.92 Å². The van der Waals surface area contributed by atoms with Gasteiger partial charge in [-0.05, 0) is 30.4 Å². The van der Waals surface area contributed by atoms with Gasteiger partial charge in [0.25, 0.3) is 0 Å². The van der Waals surface area contributed by atoms with Crippen molar-refractivity contribution in [3.8, 4) is 0 Å². The molecule has 1 aromatic rings. The van der Waals surface area contributed by atoms with Crippen LogP contribution >= 0.6 is 12.4 Å². The number of aliphatic carboxylic acids is 1. The predicted octanol–water partition coefficient (Wildman–Crippen LogP) is 4.12. The number of halogens is 1. The van der Waals surface area contributed by atoms with Crippen LogP contribution < -0.4 is 0 Å². The van der Waals surface area contributed by atoms with Gasteiger partial charge in [-0.3, -0.25) is 4.79 Å². The fourth-order valence-electron chi connectivity index (χ4n) is 1.56. The molecule has 2 nitrogen and oxygen atoms in total. The molecule has 1 N–H and O–H groups in total. The van der Waals surface area contributed by atoms with Crippen molar-refractivity contribution in [2.24, 2.45) is 5.92 Å². The van der Waals surface area contributed by atoms with Gasteiger partial charge in [0.05, 0.1) is 5.92 Å². The number of unbranched alkanes of at least 4 members (excludes halogenated alkanes) is 1. The molecule has 21 heavy (non-hydrogen) atoms. The molecule has 0 saturated carbocycles. The Morgan fingerprint density at radius 2 is 1.48 bits per heavy atom. The summed E-state index contributed by atoms with van der Waals surface area (Å²) in [5.41, 5.74) is 2.14. The summed E-state index contributed by atoms with van der Waals surface area (Å²) in [6.45, 7) is 10.4. The number of carboxylic acids is 1. The molecule has 1 atom stereocenters. The number of hydrogen-bond acceptors (Lipinski definition) is 1. The summed E-state index contributed by atoms with van der Waals surface area (Å²) in [5.74, 6) is -0.558. The SMILES string of the molecule is CC(C)Cc1ccc(C(C)C(=O)O)cc1.CCCC.Cl.[AlH3]. The third-order valence-corrected chi connectivity index (χ3v) is 2.99. The summed E-state index contributed by atoms with van der Waals surface area (Å²) < 4.78 is 0. The largest absolute Gasteiger partial charge is 0.481 e. The van der Waals surface area contributed by atoms with Crippen LogP contribution in [0.5, 0.6) is 0 Å². The Bertz CT molecular complexity index is 362. The lowest BCUT2D eigenvalue weighted by atomic mass is 9.97. The van der Waals surface area contributed by atoms with Gasteiger partial charge in [-0.2, -0.15) is 0 Å². The van der Waals surface area contributed by atoms with Gasteiger partial charge < -0.3 is 5.11 Å². The van der Waals surface area contributed by atoms with Gasteiger partial charge in [-0.15, -0.1) is 12.4 Å². The number of carbonyl (C=O) groups is 1. The molecule has 1 aromatic carbocycles. The molecule has 0 amide bonds. The van der Waals surface area contributed by atoms with Crippen LogP contribution in [0.3, 0.4) is 0 Å². The summed E-state index contributed by atoms with van der Waals surface area (Å²) in [7, 11) is 0. The van der Waals surface area contributed by atoms with Crippen molar-refractivity contribution in [1.82, 2.24) is 0 Å². The molecule has 0 heterocycles. The number of benzene rings is 1. The smallest absolute Gasteiger partial charge is 0.310 e. The quantitative estimate of drug-likeness (QED) is 0.825. The van der Waals surface area contributed by atoms with Crippen LogP contribution in [0.4, 0.5) is 0 Å². The molecule has 1 rings (SSSR count). The Labute approximate surface area is 146 Å². The molecule has 122 valence electrons. The fraction of sp³-hybridized carbons (Fsp3) is 0.588. The van der Waals surface area contributed by atoms with E-state index in [1.165, 1.54) is 18.4 Å². The standard InChI is InChI=1S/C13H18O2.C4H10.Al.ClH.3H/c1-9(2)8-11-4-6-12(7-5-11)10(3)13(14)15;1-3-4-2;;;;;/h4-7,9-10H,8H2,1-3H3,(H,14,15);3-4H2,1-2H3;;1H;;;. The van der Waals surface area contributed by atoms with Crippen molar-refractivity contribution in [3.05, 3.63) is 35.4 Å². The summed E-state index contributed by atoms with van der Waals surface area (Å²) >= 11 is 0. The van der Waals surface area contributed by atoms with Gasteiger partial charge in [0.15, 0.2) is 17.4 Å².